The summed E-state index contributed by atoms with van der Waals surface area (Å²) < 4.78 is 77.4. The summed E-state index contributed by atoms with van der Waals surface area (Å²) >= 11 is 0. The third-order valence-electron chi connectivity index (χ3n) is 8.00. The fourth-order valence-corrected chi connectivity index (χ4v) is 6.27. The van der Waals surface area contributed by atoms with E-state index >= 15 is 0 Å². The van der Waals surface area contributed by atoms with Crippen molar-refractivity contribution in [1.82, 2.24) is 19.9 Å². The number of carbonyl (C=O) groups is 4. The molecule has 0 aliphatic rings. The van der Waals surface area contributed by atoms with Crippen molar-refractivity contribution in [1.29, 1.82) is 0 Å². The van der Waals surface area contributed by atoms with Gasteiger partial charge in [-0.2, -0.15) is 18.2 Å². The lowest BCUT2D eigenvalue weighted by atomic mass is 10.1. The van der Waals surface area contributed by atoms with Crippen LogP contribution in [0.5, 0.6) is 11.5 Å². The van der Waals surface area contributed by atoms with Crippen LogP contribution >= 0.6 is 7.82 Å². The molecule has 5 rings (SSSR count). The predicted octanol–water partition coefficient (Wildman–Crippen LogP) is 6.86. The number of fused-ring (bicyclic) bond motifs is 1. The van der Waals surface area contributed by atoms with Crippen LogP contribution in [0, 0.1) is 0 Å². The molecule has 64 heavy (non-hydrogen) atoms. The van der Waals surface area contributed by atoms with Crippen molar-refractivity contribution < 1.29 is 65.1 Å². The number of aromatic nitrogens is 4. The quantitative estimate of drug-likeness (QED) is 0.0321. The number of rotatable bonds is 19. The Kier molecular flexibility index (Phi) is 20.0. The second-order valence-electron chi connectivity index (χ2n) is 12.6. The van der Waals surface area contributed by atoms with E-state index in [0.29, 0.717) is 36.4 Å². The number of aliphatic carboxylic acids is 1. The predicted molar refractivity (Wildman–Crippen MR) is 226 cm³/mol. The number of nitrogens with zero attached hydrogens (tertiary/aromatic N) is 3. The Balaban J connectivity index is 0.000000367. The lowest BCUT2D eigenvalue weighted by Gasteiger charge is -2.16. The molecular formula is C41H47F3N7O12P. The summed E-state index contributed by atoms with van der Waals surface area (Å²) in [4.78, 5) is 72.7. The van der Waals surface area contributed by atoms with Gasteiger partial charge in [0, 0.05) is 24.1 Å². The number of alkyl halides is 3. The molecule has 0 atom stereocenters. The lowest BCUT2D eigenvalue weighted by Crippen LogP contribution is -2.16. The minimum absolute atomic E-state index is 0.00258. The number of nitrogen functional groups attached to an aromatic ring is 1. The zero-order valence-corrected chi connectivity index (χ0v) is 36.0. The molecular weight excluding hydrogens is 870 g/mol. The number of primary amides is 1. The number of carboxylic acid groups (broad SMARTS) is 1. The summed E-state index contributed by atoms with van der Waals surface area (Å²) in [6.45, 7) is 7.94. The van der Waals surface area contributed by atoms with Crippen molar-refractivity contribution >= 4 is 54.4 Å². The summed E-state index contributed by atoms with van der Waals surface area (Å²) in [5.41, 5.74) is 11.4. The van der Waals surface area contributed by atoms with Crippen LogP contribution < -0.4 is 31.8 Å². The number of carbonyl (C=O) groups excluding carboxylic acids is 3. The van der Waals surface area contributed by atoms with E-state index in [1.165, 1.54) is 18.3 Å². The molecule has 2 heterocycles. The molecule has 0 aliphatic carbocycles. The normalized spacial score (nSPS) is 11.0. The van der Waals surface area contributed by atoms with Gasteiger partial charge in [-0.05, 0) is 86.8 Å². The van der Waals surface area contributed by atoms with Crippen molar-refractivity contribution in [2.75, 3.05) is 30.9 Å². The third kappa shape index (κ3) is 16.5. The van der Waals surface area contributed by atoms with E-state index in [2.05, 4.69) is 25.3 Å². The largest absolute Gasteiger partial charge is 0.481 e. The van der Waals surface area contributed by atoms with Crippen LogP contribution in [0.2, 0.25) is 0 Å². The molecule has 0 radical (unpaired) electrons. The highest BCUT2D eigenvalue weighted by molar-refractivity contribution is 7.48. The number of nitrogens with two attached hydrogens (primary N) is 2. The van der Waals surface area contributed by atoms with Crippen molar-refractivity contribution in [2.24, 2.45) is 5.73 Å². The second-order valence-corrected chi connectivity index (χ2v) is 14.3. The van der Waals surface area contributed by atoms with E-state index in [4.69, 9.17) is 39.6 Å². The first-order valence-corrected chi connectivity index (χ1v) is 21.0. The zero-order chi connectivity index (χ0) is 47.5. The smallest absolute Gasteiger partial charge is 0.474 e. The maximum atomic E-state index is 13.2. The topological polar surface area (TPSA) is 287 Å². The molecule has 3 aromatic carbocycles. The average Bonchev–Trinajstić information content (AvgIpc) is 3.24. The van der Waals surface area contributed by atoms with Gasteiger partial charge in [-0.3, -0.25) is 37.7 Å². The van der Waals surface area contributed by atoms with E-state index < -0.39 is 60.2 Å². The van der Waals surface area contributed by atoms with Crippen molar-refractivity contribution in [3.63, 3.8) is 0 Å². The Bertz CT molecular complexity index is 2460. The number of carboxylic acids is 1. The van der Waals surface area contributed by atoms with E-state index in [1.54, 1.807) is 50.2 Å². The zero-order valence-electron chi connectivity index (χ0n) is 35.1. The highest BCUT2D eigenvalue weighted by atomic mass is 31.2. The minimum atomic E-state index is -4.77. The lowest BCUT2D eigenvalue weighted by molar-refractivity contribution is -0.140. The molecule has 0 fully saturated rings. The number of phosphoric acid groups is 1. The standard InChI is InChI=1S/C25H28F3O10P.C14H13N7O2.C2H6/c1-3-34-39(33,35-4-2)36-15-14-17-8-11-19(12-9-17)37-24(32)20-13-10-18(25(26,27)28)16-21(20)38-23(31)7-5-6-22(29)30;15-11(22)7-1-3-8(4-2-7)17-5-9-6-18-12-10(19-9)13(23)21-14(16)20-12;1-2/h8-13,16H,3-7,14-15H2,1-2H3,(H,29,30);1-4,6,17H,5H2,(H2,15,22)(H3,16,18,20,21,23);1-2H3. The van der Waals surface area contributed by atoms with Gasteiger partial charge in [-0.15, -0.1) is 0 Å². The van der Waals surface area contributed by atoms with Gasteiger partial charge in [0.25, 0.3) is 5.56 Å². The van der Waals surface area contributed by atoms with Gasteiger partial charge in [0.2, 0.25) is 11.9 Å². The van der Waals surface area contributed by atoms with Crippen molar-refractivity contribution in [2.45, 2.75) is 66.1 Å². The number of ether oxygens (including phenoxy) is 2. The molecule has 7 N–H and O–H groups in total. The SMILES string of the molecule is CC.CCOP(=O)(OCC)OCCc1ccc(OC(=O)c2ccc(C(F)(F)F)cc2OC(=O)CCCC(=O)O)cc1.NC(=O)c1ccc(NCc2cnc3nc(N)[nH]c(=O)c3n2)cc1. The fraction of sp³-hybridized carbons (Fsp3) is 0.317. The van der Waals surface area contributed by atoms with Crippen molar-refractivity contribution in [3.05, 3.63) is 111 Å². The Morgan fingerprint density at radius 1 is 0.891 bits per heavy atom. The number of hydrogen-bond donors (Lipinski definition) is 5. The second kappa shape index (κ2) is 24.8. The van der Waals surface area contributed by atoms with Gasteiger partial charge in [-0.25, -0.2) is 19.3 Å². The number of phosphoric ester groups is 1. The Morgan fingerprint density at radius 2 is 1.55 bits per heavy atom. The first-order chi connectivity index (χ1) is 30.4. The van der Waals surface area contributed by atoms with Crippen molar-refractivity contribution in [3.8, 4) is 11.5 Å². The van der Waals surface area contributed by atoms with Gasteiger partial charge < -0.3 is 31.4 Å². The number of amides is 1. The van der Waals surface area contributed by atoms with Crippen LogP contribution in [-0.4, -0.2) is 68.7 Å². The molecule has 0 bridgehead atoms. The molecule has 5 aromatic rings. The number of hydrogen-bond acceptors (Lipinski definition) is 16. The molecule has 19 nitrogen and oxygen atoms in total. The molecule has 23 heteroatoms. The number of nitrogens with one attached hydrogen (secondary N) is 2. The molecule has 0 spiro atoms. The van der Waals surface area contributed by atoms with Crippen LogP contribution in [-0.2, 0) is 46.9 Å². The molecule has 0 aliphatic heterocycles. The van der Waals surface area contributed by atoms with E-state index in [9.17, 15) is 41.7 Å². The van der Waals surface area contributed by atoms with Gasteiger partial charge in [-0.1, -0.05) is 26.0 Å². The van der Waals surface area contributed by atoms with E-state index in [1.807, 2.05) is 13.8 Å². The first-order valence-electron chi connectivity index (χ1n) is 19.5. The van der Waals surface area contributed by atoms with E-state index in [-0.39, 0.29) is 61.9 Å². The van der Waals surface area contributed by atoms with Crippen LogP contribution in [0.25, 0.3) is 11.2 Å². The average molecular weight is 918 g/mol. The Labute approximate surface area is 364 Å². The summed E-state index contributed by atoms with van der Waals surface area (Å²) in [7, 11) is -3.66. The fourth-order valence-electron chi connectivity index (χ4n) is 5.10. The maximum Gasteiger partial charge on any atom is 0.474 e. The number of anilines is 2. The van der Waals surface area contributed by atoms with E-state index in [0.717, 1.165) is 17.3 Å². The Hall–Kier alpha value is -6.74. The number of aromatic amines is 1. The summed E-state index contributed by atoms with van der Waals surface area (Å²) in [6.07, 6.45) is -3.76. The number of esters is 2. The number of halogens is 3. The summed E-state index contributed by atoms with van der Waals surface area (Å²) in [5.74, 6) is -4.34. The van der Waals surface area contributed by atoms with Gasteiger partial charge in [0.15, 0.2) is 11.2 Å². The van der Waals surface area contributed by atoms with Crippen LogP contribution in [0.15, 0.2) is 77.7 Å². The molecule has 344 valence electrons. The number of benzene rings is 3. The molecule has 1 amide bonds. The van der Waals surface area contributed by atoms with Crippen LogP contribution in [0.1, 0.15) is 84.5 Å². The van der Waals surface area contributed by atoms with Gasteiger partial charge in [0.1, 0.15) is 17.1 Å². The van der Waals surface area contributed by atoms with Gasteiger partial charge >= 0.3 is 31.9 Å². The monoisotopic (exact) mass is 917 g/mol. The molecule has 0 saturated carbocycles. The molecule has 2 aromatic heterocycles. The van der Waals surface area contributed by atoms with Crippen LogP contribution in [0.4, 0.5) is 24.8 Å². The highest BCUT2D eigenvalue weighted by Crippen LogP contribution is 2.49. The van der Waals surface area contributed by atoms with Crippen LogP contribution in [0.3, 0.4) is 0 Å². The maximum absolute atomic E-state index is 13.2. The number of H-pyrrole nitrogens is 1. The highest BCUT2D eigenvalue weighted by Gasteiger charge is 2.33. The molecule has 0 unspecified atom stereocenters. The van der Waals surface area contributed by atoms with Gasteiger partial charge in [0.05, 0.1) is 43.8 Å². The summed E-state index contributed by atoms with van der Waals surface area (Å²) in [6, 6.07) is 14.7. The summed E-state index contributed by atoms with van der Waals surface area (Å²) in [5, 5.41) is 11.8. The molecule has 0 saturated heterocycles. The first kappa shape index (κ1) is 51.6. The minimum Gasteiger partial charge on any atom is -0.481 e. The third-order valence-corrected chi connectivity index (χ3v) is 9.65. The Morgan fingerprint density at radius 3 is 2.14 bits per heavy atom.